The van der Waals surface area contributed by atoms with Crippen LogP contribution in [0, 0.1) is 0 Å². The molecule has 5 nitrogen and oxygen atoms in total. The van der Waals surface area contributed by atoms with Gasteiger partial charge in [0.05, 0.1) is 18.0 Å². The summed E-state index contributed by atoms with van der Waals surface area (Å²) < 4.78 is 16.4. The van der Waals surface area contributed by atoms with Crippen molar-refractivity contribution in [2.24, 2.45) is 0 Å². The highest BCUT2D eigenvalue weighted by molar-refractivity contribution is 5.73. The molecule has 0 spiro atoms. The molecule has 0 saturated carbocycles. The lowest BCUT2D eigenvalue weighted by Gasteiger charge is -2.25. The maximum atomic E-state index is 6.03. The van der Waals surface area contributed by atoms with Gasteiger partial charge in [0, 0.05) is 32.3 Å². The molecule has 2 rings (SSSR count). The van der Waals surface area contributed by atoms with Crippen molar-refractivity contribution < 1.29 is 14.2 Å². The molecule has 1 aromatic rings. The van der Waals surface area contributed by atoms with Gasteiger partial charge in [0.25, 0.3) is 0 Å². The molecule has 18 heavy (non-hydrogen) atoms. The molecule has 2 N–H and O–H groups in total. The van der Waals surface area contributed by atoms with Crippen molar-refractivity contribution in [3.8, 4) is 11.5 Å². The van der Waals surface area contributed by atoms with Gasteiger partial charge in [0.15, 0.2) is 11.5 Å². The second-order valence-corrected chi connectivity index (χ2v) is 4.17. The van der Waals surface area contributed by atoms with Gasteiger partial charge in [0.1, 0.15) is 13.2 Å². The van der Waals surface area contributed by atoms with Gasteiger partial charge >= 0.3 is 0 Å². The van der Waals surface area contributed by atoms with Gasteiger partial charge in [-0.25, -0.2) is 0 Å². The average molecular weight is 252 g/mol. The summed E-state index contributed by atoms with van der Waals surface area (Å²) in [5.41, 5.74) is 7.67. The zero-order chi connectivity index (χ0) is 13.0. The van der Waals surface area contributed by atoms with Crippen LogP contribution in [0.25, 0.3) is 0 Å². The molecule has 1 heterocycles. The van der Waals surface area contributed by atoms with Crippen LogP contribution in [0.2, 0.25) is 0 Å². The van der Waals surface area contributed by atoms with E-state index in [1.54, 1.807) is 0 Å². The van der Waals surface area contributed by atoms with E-state index in [0.717, 1.165) is 30.3 Å². The summed E-state index contributed by atoms with van der Waals surface area (Å²) in [6.45, 7) is 5.34. The number of nitrogen functional groups attached to an aromatic ring is 1. The molecule has 1 aromatic carbocycles. The number of rotatable bonds is 5. The summed E-state index contributed by atoms with van der Waals surface area (Å²) in [5, 5.41) is 0. The summed E-state index contributed by atoms with van der Waals surface area (Å²) in [4.78, 5) is 2.06. The molecular formula is C13H20N2O3. The van der Waals surface area contributed by atoms with E-state index >= 15 is 0 Å². The minimum absolute atomic E-state index is 0.575. The Morgan fingerprint density at radius 3 is 2.61 bits per heavy atom. The van der Waals surface area contributed by atoms with Crippen LogP contribution in [0.3, 0.4) is 0 Å². The number of benzene rings is 1. The first-order chi connectivity index (χ1) is 8.72. The molecule has 0 radical (unpaired) electrons. The van der Waals surface area contributed by atoms with E-state index in [2.05, 4.69) is 4.90 Å². The number of nitrogens with zero attached hydrogens (tertiary/aromatic N) is 1. The molecule has 0 amide bonds. The smallest absolute Gasteiger partial charge is 0.163 e. The molecule has 0 atom stereocenters. The van der Waals surface area contributed by atoms with Crippen LogP contribution in [0.4, 0.5) is 11.4 Å². The molecule has 0 aliphatic carbocycles. The fourth-order valence-electron chi connectivity index (χ4n) is 1.89. The SMILES string of the molecule is CCOCCN(C)c1cc2c(cc1N)OCCO2. The van der Waals surface area contributed by atoms with E-state index < -0.39 is 0 Å². The van der Waals surface area contributed by atoms with Gasteiger partial charge in [0.2, 0.25) is 0 Å². The lowest BCUT2D eigenvalue weighted by atomic mass is 10.2. The molecule has 0 aromatic heterocycles. The van der Waals surface area contributed by atoms with Crippen LogP contribution in [-0.4, -0.2) is 40.0 Å². The third-order valence-electron chi connectivity index (χ3n) is 2.88. The highest BCUT2D eigenvalue weighted by Crippen LogP contribution is 2.38. The van der Waals surface area contributed by atoms with Crippen LogP contribution < -0.4 is 20.1 Å². The van der Waals surface area contributed by atoms with Crippen molar-refractivity contribution in [2.45, 2.75) is 6.92 Å². The first-order valence-corrected chi connectivity index (χ1v) is 6.20. The Morgan fingerprint density at radius 2 is 1.94 bits per heavy atom. The van der Waals surface area contributed by atoms with Crippen LogP contribution in [0.1, 0.15) is 6.92 Å². The molecular weight excluding hydrogens is 232 g/mol. The standard InChI is InChI=1S/C13H20N2O3/c1-3-16-5-4-15(2)11-9-13-12(8-10(11)14)17-6-7-18-13/h8-9H,3-7,14H2,1-2H3. The molecule has 1 aliphatic heterocycles. The van der Waals surface area contributed by atoms with Crippen molar-refractivity contribution >= 4 is 11.4 Å². The van der Waals surface area contributed by atoms with E-state index in [1.807, 2.05) is 26.1 Å². The van der Waals surface area contributed by atoms with Gasteiger partial charge in [-0.1, -0.05) is 0 Å². The number of nitrogens with two attached hydrogens (primary N) is 1. The van der Waals surface area contributed by atoms with Crippen LogP contribution >= 0.6 is 0 Å². The van der Waals surface area contributed by atoms with Crippen LogP contribution in [-0.2, 0) is 4.74 Å². The summed E-state index contributed by atoms with van der Waals surface area (Å²) in [7, 11) is 1.99. The molecule has 0 fully saturated rings. The zero-order valence-electron chi connectivity index (χ0n) is 10.9. The quantitative estimate of drug-likeness (QED) is 0.636. The monoisotopic (exact) mass is 252 g/mol. The molecule has 1 aliphatic rings. The molecule has 0 bridgehead atoms. The fourth-order valence-corrected chi connectivity index (χ4v) is 1.89. The van der Waals surface area contributed by atoms with Gasteiger partial charge in [-0.3, -0.25) is 0 Å². The lowest BCUT2D eigenvalue weighted by molar-refractivity contribution is 0.154. The van der Waals surface area contributed by atoms with E-state index in [-0.39, 0.29) is 0 Å². The fraction of sp³-hybridized carbons (Fsp3) is 0.538. The summed E-state index contributed by atoms with van der Waals surface area (Å²) in [5.74, 6) is 1.48. The topological polar surface area (TPSA) is 57.0 Å². The third-order valence-corrected chi connectivity index (χ3v) is 2.88. The largest absolute Gasteiger partial charge is 0.486 e. The molecule has 0 saturated heterocycles. The average Bonchev–Trinajstić information content (AvgIpc) is 2.38. The number of fused-ring (bicyclic) bond motifs is 1. The normalized spacial score (nSPS) is 13.4. The predicted molar refractivity (Wildman–Crippen MR) is 71.6 cm³/mol. The van der Waals surface area contributed by atoms with E-state index in [0.29, 0.717) is 25.5 Å². The van der Waals surface area contributed by atoms with Crippen molar-refractivity contribution in [1.82, 2.24) is 0 Å². The maximum Gasteiger partial charge on any atom is 0.163 e. The lowest BCUT2D eigenvalue weighted by Crippen LogP contribution is -2.24. The van der Waals surface area contributed by atoms with Gasteiger partial charge in [-0.05, 0) is 6.92 Å². The summed E-state index contributed by atoms with van der Waals surface area (Å²) >= 11 is 0. The van der Waals surface area contributed by atoms with Gasteiger partial charge in [-0.15, -0.1) is 0 Å². The van der Waals surface area contributed by atoms with Crippen molar-refractivity contribution in [1.29, 1.82) is 0 Å². The molecule has 100 valence electrons. The van der Waals surface area contributed by atoms with Crippen LogP contribution in [0.5, 0.6) is 11.5 Å². The minimum atomic E-state index is 0.575. The number of hydrogen-bond acceptors (Lipinski definition) is 5. The minimum Gasteiger partial charge on any atom is -0.486 e. The Hall–Kier alpha value is -1.62. The summed E-state index contributed by atoms with van der Waals surface area (Å²) in [6, 6.07) is 3.75. The zero-order valence-corrected chi connectivity index (χ0v) is 10.9. The van der Waals surface area contributed by atoms with Crippen molar-refractivity contribution in [3.05, 3.63) is 12.1 Å². The summed E-state index contributed by atoms with van der Waals surface area (Å²) in [6.07, 6.45) is 0. The Kier molecular flexibility index (Phi) is 4.15. The predicted octanol–water partition coefficient (Wildman–Crippen LogP) is 1.51. The van der Waals surface area contributed by atoms with Crippen LogP contribution in [0.15, 0.2) is 12.1 Å². The molecule has 5 heteroatoms. The maximum absolute atomic E-state index is 6.03. The first-order valence-electron chi connectivity index (χ1n) is 6.20. The highest BCUT2D eigenvalue weighted by atomic mass is 16.6. The molecule has 0 unspecified atom stereocenters. The van der Waals surface area contributed by atoms with E-state index in [1.165, 1.54) is 0 Å². The second-order valence-electron chi connectivity index (χ2n) is 4.17. The second kappa shape index (κ2) is 5.82. The Balaban J connectivity index is 2.12. The first kappa shape index (κ1) is 12.8. The third kappa shape index (κ3) is 2.79. The van der Waals surface area contributed by atoms with E-state index in [9.17, 15) is 0 Å². The Morgan fingerprint density at radius 1 is 1.28 bits per heavy atom. The number of hydrogen-bond donors (Lipinski definition) is 1. The number of ether oxygens (including phenoxy) is 3. The van der Waals surface area contributed by atoms with Crippen molar-refractivity contribution in [3.63, 3.8) is 0 Å². The van der Waals surface area contributed by atoms with Crippen molar-refractivity contribution in [2.75, 3.05) is 50.7 Å². The number of likely N-dealkylation sites (N-methyl/N-ethyl adjacent to an activating group) is 1. The Labute approximate surface area is 107 Å². The van der Waals surface area contributed by atoms with E-state index in [4.69, 9.17) is 19.9 Å². The van der Waals surface area contributed by atoms with Gasteiger partial charge < -0.3 is 24.8 Å². The van der Waals surface area contributed by atoms with Gasteiger partial charge in [-0.2, -0.15) is 0 Å². The number of anilines is 2. The Bertz CT molecular complexity index is 409. The highest BCUT2D eigenvalue weighted by Gasteiger charge is 2.16.